The van der Waals surface area contributed by atoms with Crippen LogP contribution in [0.1, 0.15) is 89.2 Å². The van der Waals surface area contributed by atoms with Gasteiger partial charge in [0.2, 0.25) is 0 Å². The lowest BCUT2D eigenvalue weighted by atomic mass is 9.44. The lowest BCUT2D eigenvalue weighted by molar-refractivity contribution is -0.113. The van der Waals surface area contributed by atoms with Crippen LogP contribution in [0.15, 0.2) is 54.9 Å². The molecule has 0 N–H and O–H groups in total. The molecule has 0 bridgehead atoms. The Morgan fingerprint density at radius 3 is 2.50 bits per heavy atom. The van der Waals surface area contributed by atoms with Crippen LogP contribution < -0.4 is 0 Å². The molecule has 3 nitrogen and oxygen atoms in total. The van der Waals surface area contributed by atoms with Gasteiger partial charge in [-0.1, -0.05) is 61.5 Å². The highest BCUT2D eigenvalue weighted by molar-refractivity contribution is 5.83. The Balaban J connectivity index is 1.15. The third-order valence-electron chi connectivity index (χ3n) is 11.6. The number of fused-ring (bicyclic) bond motifs is 6. The Morgan fingerprint density at radius 1 is 0.824 bits per heavy atom. The zero-order chi connectivity index (χ0) is 22.9. The smallest absolute Gasteiger partial charge is 0.0693 e. The fourth-order valence-electron chi connectivity index (χ4n) is 9.86. The van der Waals surface area contributed by atoms with E-state index in [1.54, 1.807) is 5.56 Å². The first-order valence-electron chi connectivity index (χ1n) is 13.9. The normalized spacial score (nSPS) is 41.6. The molecule has 8 atom stereocenters. The van der Waals surface area contributed by atoms with Gasteiger partial charge in [0, 0.05) is 6.20 Å². The summed E-state index contributed by atoms with van der Waals surface area (Å²) in [5.41, 5.74) is 2.61. The van der Waals surface area contributed by atoms with Gasteiger partial charge in [-0.15, -0.1) is 5.10 Å². The molecule has 4 aliphatic rings. The van der Waals surface area contributed by atoms with Crippen molar-refractivity contribution >= 4 is 10.8 Å². The van der Waals surface area contributed by atoms with E-state index in [9.17, 15) is 0 Å². The Hall–Kier alpha value is -2.16. The quantitative estimate of drug-likeness (QED) is 0.396. The molecule has 2 aromatic carbocycles. The summed E-state index contributed by atoms with van der Waals surface area (Å²) in [6, 6.07) is 16.8. The Labute approximate surface area is 204 Å². The fraction of sp³-hybridized carbons (Fsp3) is 0.613. The highest BCUT2D eigenvalue weighted by atomic mass is 15.4. The summed E-state index contributed by atoms with van der Waals surface area (Å²) in [6.07, 6.45) is 16.5. The minimum atomic E-state index is 0.477. The van der Waals surface area contributed by atoms with Crippen molar-refractivity contribution < 1.29 is 0 Å². The molecule has 3 heteroatoms. The second-order valence-electron chi connectivity index (χ2n) is 12.7. The van der Waals surface area contributed by atoms with Crippen molar-refractivity contribution in [2.45, 2.75) is 83.6 Å². The molecule has 0 unspecified atom stereocenters. The summed E-state index contributed by atoms with van der Waals surface area (Å²) in [5.74, 6) is 4.37. The zero-order valence-corrected chi connectivity index (χ0v) is 20.9. The van der Waals surface area contributed by atoms with Gasteiger partial charge < -0.3 is 0 Å². The molecular formula is C31H39N3. The molecule has 1 aromatic heterocycles. The van der Waals surface area contributed by atoms with Gasteiger partial charge in [0.15, 0.2) is 0 Å². The molecule has 1 heterocycles. The molecule has 4 aliphatic carbocycles. The van der Waals surface area contributed by atoms with Gasteiger partial charge in [0.05, 0.1) is 12.2 Å². The number of hydrogen-bond donors (Lipinski definition) is 0. The molecule has 178 valence electrons. The SMILES string of the molecule is C[C@]12CC[C@H](n3ccnn3)C[C@@H]1CC[C@@H]1[C@@H]2CC[C@]2(C)[C@@H](c3ccc4ccccc4c3)CC[C@@H]12. The zero-order valence-electron chi connectivity index (χ0n) is 20.9. The Morgan fingerprint density at radius 2 is 1.65 bits per heavy atom. The maximum Gasteiger partial charge on any atom is 0.0693 e. The van der Waals surface area contributed by atoms with Crippen molar-refractivity contribution in [2.24, 2.45) is 34.5 Å². The summed E-state index contributed by atoms with van der Waals surface area (Å²) in [4.78, 5) is 0. The Kier molecular flexibility index (Phi) is 4.77. The van der Waals surface area contributed by atoms with E-state index in [1.165, 1.54) is 68.6 Å². The molecule has 4 saturated carbocycles. The summed E-state index contributed by atoms with van der Waals surface area (Å²) in [7, 11) is 0. The molecule has 0 aliphatic heterocycles. The molecule has 3 aromatic rings. The number of nitrogens with zero attached hydrogens (tertiary/aromatic N) is 3. The van der Waals surface area contributed by atoms with Crippen LogP contribution in [0.4, 0.5) is 0 Å². The van der Waals surface area contributed by atoms with Gasteiger partial charge in [-0.3, -0.25) is 0 Å². The van der Waals surface area contributed by atoms with Crippen molar-refractivity contribution in [1.82, 2.24) is 15.0 Å². The topological polar surface area (TPSA) is 30.7 Å². The predicted octanol–water partition coefficient (Wildman–Crippen LogP) is 7.80. The highest BCUT2D eigenvalue weighted by Gasteiger charge is 2.60. The lowest BCUT2D eigenvalue weighted by Crippen LogP contribution is -2.53. The van der Waals surface area contributed by atoms with Gasteiger partial charge in [0.1, 0.15) is 0 Å². The van der Waals surface area contributed by atoms with Crippen LogP contribution in [-0.2, 0) is 0 Å². The first-order valence-corrected chi connectivity index (χ1v) is 13.9. The predicted molar refractivity (Wildman–Crippen MR) is 137 cm³/mol. The van der Waals surface area contributed by atoms with Crippen LogP contribution in [-0.4, -0.2) is 15.0 Å². The molecule has 34 heavy (non-hydrogen) atoms. The fourth-order valence-corrected chi connectivity index (χ4v) is 9.86. The number of hydrogen-bond acceptors (Lipinski definition) is 2. The first kappa shape index (κ1) is 21.1. The van der Waals surface area contributed by atoms with E-state index in [0.717, 1.165) is 29.6 Å². The minimum Gasteiger partial charge on any atom is -0.250 e. The van der Waals surface area contributed by atoms with Crippen molar-refractivity contribution in [3.63, 3.8) is 0 Å². The van der Waals surface area contributed by atoms with E-state index < -0.39 is 0 Å². The van der Waals surface area contributed by atoms with Gasteiger partial charge in [-0.05, 0) is 115 Å². The van der Waals surface area contributed by atoms with E-state index in [4.69, 9.17) is 0 Å². The highest BCUT2D eigenvalue weighted by Crippen LogP contribution is 2.69. The second kappa shape index (κ2) is 7.67. The molecule has 0 saturated heterocycles. The van der Waals surface area contributed by atoms with Crippen LogP contribution in [0.5, 0.6) is 0 Å². The van der Waals surface area contributed by atoms with Crippen LogP contribution >= 0.6 is 0 Å². The van der Waals surface area contributed by atoms with Crippen LogP contribution in [0.2, 0.25) is 0 Å². The minimum absolute atomic E-state index is 0.477. The molecule has 4 fully saturated rings. The standard InChI is InChI=1S/C31H39N3/c1-30-15-13-25(34-18-17-32-33-34)20-24(30)9-10-26-28-12-11-27(31(28,2)16-14-29(26)30)23-8-7-21-5-3-4-6-22(21)19-23/h3-8,17-19,24-29H,9-16,20H2,1-2H3/t24-,25-,26-,27+,28-,29-,30-,31+/m0/s1. The average molecular weight is 454 g/mol. The molecule has 7 rings (SSSR count). The molecule has 0 amide bonds. The lowest BCUT2D eigenvalue weighted by Gasteiger charge is -2.61. The maximum atomic E-state index is 4.36. The Bertz CT molecular complexity index is 1180. The summed E-state index contributed by atoms with van der Waals surface area (Å²) >= 11 is 0. The summed E-state index contributed by atoms with van der Waals surface area (Å²) in [5, 5.41) is 11.2. The number of rotatable bonds is 2. The van der Waals surface area contributed by atoms with Gasteiger partial charge in [0.25, 0.3) is 0 Å². The third-order valence-corrected chi connectivity index (χ3v) is 11.6. The van der Waals surface area contributed by atoms with E-state index in [0.29, 0.717) is 16.9 Å². The molecular weight excluding hydrogens is 414 g/mol. The van der Waals surface area contributed by atoms with Gasteiger partial charge in [-0.2, -0.15) is 0 Å². The second-order valence-corrected chi connectivity index (χ2v) is 12.7. The van der Waals surface area contributed by atoms with Crippen LogP contribution in [0.3, 0.4) is 0 Å². The monoisotopic (exact) mass is 453 g/mol. The van der Waals surface area contributed by atoms with Gasteiger partial charge in [-0.25, -0.2) is 4.68 Å². The summed E-state index contributed by atoms with van der Waals surface area (Å²) in [6.45, 7) is 5.36. The third kappa shape index (κ3) is 3.01. The first-order chi connectivity index (χ1) is 16.6. The van der Waals surface area contributed by atoms with Crippen molar-refractivity contribution in [3.05, 3.63) is 60.4 Å². The van der Waals surface area contributed by atoms with Crippen molar-refractivity contribution in [1.29, 1.82) is 0 Å². The largest absolute Gasteiger partial charge is 0.250 e. The van der Waals surface area contributed by atoms with Crippen LogP contribution in [0, 0.1) is 34.5 Å². The number of benzene rings is 2. The summed E-state index contributed by atoms with van der Waals surface area (Å²) < 4.78 is 2.15. The number of aromatic nitrogens is 3. The van der Waals surface area contributed by atoms with Crippen molar-refractivity contribution in [2.75, 3.05) is 0 Å². The molecule has 0 radical (unpaired) electrons. The maximum absolute atomic E-state index is 4.36. The van der Waals surface area contributed by atoms with Crippen LogP contribution in [0.25, 0.3) is 10.8 Å². The van der Waals surface area contributed by atoms with Gasteiger partial charge >= 0.3 is 0 Å². The van der Waals surface area contributed by atoms with E-state index in [-0.39, 0.29) is 0 Å². The average Bonchev–Trinajstić information content (AvgIpc) is 3.51. The van der Waals surface area contributed by atoms with Crippen molar-refractivity contribution in [3.8, 4) is 0 Å². The van der Waals surface area contributed by atoms with E-state index in [1.807, 2.05) is 6.20 Å². The van der Waals surface area contributed by atoms with E-state index >= 15 is 0 Å². The van der Waals surface area contributed by atoms with E-state index in [2.05, 4.69) is 77.5 Å². The molecule has 0 spiro atoms.